The van der Waals surface area contributed by atoms with Gasteiger partial charge in [0, 0.05) is 0 Å². The molecule has 0 amide bonds. The normalized spacial score (nSPS) is 21.7. The van der Waals surface area contributed by atoms with Crippen molar-refractivity contribution in [1.82, 2.24) is 0 Å². The van der Waals surface area contributed by atoms with E-state index in [-0.39, 0.29) is 5.92 Å². The summed E-state index contributed by atoms with van der Waals surface area (Å²) < 4.78 is 54.9. The first-order chi connectivity index (χ1) is 13.8. The fourth-order valence-electron chi connectivity index (χ4n) is 4.90. The number of benzene rings is 2. The molecule has 1 nitrogen and oxygen atoms in total. The Hall–Kier alpha value is -2.30. The van der Waals surface area contributed by atoms with Crippen LogP contribution in [0.4, 0.5) is 17.6 Å². The number of halogens is 4. The average molecular weight is 404 g/mol. The molecule has 0 saturated heterocycles. The van der Waals surface area contributed by atoms with Gasteiger partial charge in [0.05, 0.1) is 0 Å². The number of hydrogen-bond donors (Lipinski definition) is 0. The molecule has 5 heteroatoms. The van der Waals surface area contributed by atoms with Gasteiger partial charge in [0.1, 0.15) is 0 Å². The van der Waals surface area contributed by atoms with E-state index < -0.39 is 17.9 Å². The molecular weight excluding hydrogens is 380 g/mol. The molecule has 2 atom stereocenters. The Morgan fingerprint density at radius 3 is 2.31 bits per heavy atom. The van der Waals surface area contributed by atoms with Crippen LogP contribution in [0.2, 0.25) is 0 Å². The monoisotopic (exact) mass is 404 g/mol. The molecule has 2 aliphatic rings. The van der Waals surface area contributed by atoms with E-state index in [1.165, 1.54) is 34.7 Å². The standard InChI is InChI=1S/C24H24F4O/c1-2-3-15-4-9-20-18(12-15)5-6-19-13-16(7-10-21(19)20)17-8-11-23(22(25)14-17)29-24(26,27)28/h2-3,5-6,8,11,14-16H,4,7,9-10,12-13H2,1H3/t15-,16-/m0/s1. The van der Waals surface area contributed by atoms with E-state index in [4.69, 9.17) is 0 Å². The highest BCUT2D eigenvalue weighted by molar-refractivity contribution is 5.46. The Labute approximate surface area is 168 Å². The molecule has 0 bridgehead atoms. The third-order valence-corrected chi connectivity index (χ3v) is 6.20. The smallest absolute Gasteiger partial charge is 0.403 e. The summed E-state index contributed by atoms with van der Waals surface area (Å²) in [5.74, 6) is -1.02. The van der Waals surface area contributed by atoms with Gasteiger partial charge in [0.15, 0.2) is 11.6 Å². The van der Waals surface area contributed by atoms with Crippen molar-refractivity contribution in [2.45, 2.75) is 57.7 Å². The van der Waals surface area contributed by atoms with Crippen molar-refractivity contribution < 1.29 is 22.3 Å². The van der Waals surface area contributed by atoms with E-state index in [0.29, 0.717) is 5.92 Å². The average Bonchev–Trinajstić information content (AvgIpc) is 2.68. The summed E-state index contributed by atoms with van der Waals surface area (Å²) in [6.45, 7) is 2.06. The van der Waals surface area contributed by atoms with Gasteiger partial charge in [0.2, 0.25) is 0 Å². The van der Waals surface area contributed by atoms with Crippen molar-refractivity contribution in [1.29, 1.82) is 0 Å². The lowest BCUT2D eigenvalue weighted by Gasteiger charge is -2.31. The lowest BCUT2D eigenvalue weighted by molar-refractivity contribution is -0.275. The van der Waals surface area contributed by atoms with E-state index in [1.807, 2.05) is 0 Å². The van der Waals surface area contributed by atoms with Crippen molar-refractivity contribution in [3.8, 4) is 5.75 Å². The molecule has 2 aromatic carbocycles. The number of rotatable bonds is 3. The topological polar surface area (TPSA) is 9.23 Å². The van der Waals surface area contributed by atoms with Gasteiger partial charge in [-0.05, 0) is 97.2 Å². The Morgan fingerprint density at radius 1 is 0.966 bits per heavy atom. The molecule has 154 valence electrons. The number of hydrogen-bond acceptors (Lipinski definition) is 1. The highest BCUT2D eigenvalue weighted by Gasteiger charge is 2.33. The number of allylic oxidation sites excluding steroid dienone is 2. The van der Waals surface area contributed by atoms with Gasteiger partial charge < -0.3 is 4.74 Å². The van der Waals surface area contributed by atoms with Crippen molar-refractivity contribution in [3.05, 3.63) is 76.1 Å². The Kier molecular flexibility index (Phi) is 5.41. The summed E-state index contributed by atoms with van der Waals surface area (Å²) in [5.41, 5.74) is 6.39. The molecule has 0 aliphatic heterocycles. The van der Waals surface area contributed by atoms with Gasteiger partial charge in [-0.2, -0.15) is 0 Å². The first kappa shape index (κ1) is 20.0. The highest BCUT2D eigenvalue weighted by atomic mass is 19.4. The predicted octanol–water partition coefficient (Wildman–Crippen LogP) is 6.68. The van der Waals surface area contributed by atoms with Gasteiger partial charge in [0.25, 0.3) is 0 Å². The summed E-state index contributed by atoms with van der Waals surface area (Å²) >= 11 is 0. The fourth-order valence-corrected chi connectivity index (χ4v) is 4.90. The second-order valence-corrected chi connectivity index (χ2v) is 8.05. The van der Waals surface area contributed by atoms with Crippen LogP contribution < -0.4 is 4.74 Å². The van der Waals surface area contributed by atoms with Crippen molar-refractivity contribution >= 4 is 0 Å². The quantitative estimate of drug-likeness (QED) is 0.410. The molecule has 0 spiro atoms. The summed E-state index contributed by atoms with van der Waals surface area (Å²) in [5, 5.41) is 0. The van der Waals surface area contributed by atoms with E-state index in [9.17, 15) is 17.6 Å². The van der Waals surface area contributed by atoms with Crippen LogP contribution in [0.3, 0.4) is 0 Å². The van der Waals surface area contributed by atoms with Gasteiger partial charge in [-0.15, -0.1) is 13.2 Å². The van der Waals surface area contributed by atoms with E-state index >= 15 is 0 Å². The first-order valence-electron chi connectivity index (χ1n) is 10.1. The van der Waals surface area contributed by atoms with E-state index in [2.05, 4.69) is 35.9 Å². The van der Waals surface area contributed by atoms with Crippen molar-refractivity contribution in [2.24, 2.45) is 5.92 Å². The largest absolute Gasteiger partial charge is 0.573 e. The number of ether oxygens (including phenoxy) is 1. The van der Waals surface area contributed by atoms with Crippen LogP contribution in [-0.4, -0.2) is 6.36 Å². The summed E-state index contributed by atoms with van der Waals surface area (Å²) in [6, 6.07) is 8.25. The van der Waals surface area contributed by atoms with Crippen LogP contribution in [0.5, 0.6) is 5.75 Å². The van der Waals surface area contributed by atoms with Crippen LogP contribution >= 0.6 is 0 Å². The molecule has 0 aromatic heterocycles. The molecule has 2 aliphatic carbocycles. The zero-order valence-electron chi connectivity index (χ0n) is 16.4. The molecule has 0 heterocycles. The molecule has 0 radical (unpaired) electrons. The Balaban J connectivity index is 1.53. The van der Waals surface area contributed by atoms with Crippen molar-refractivity contribution in [2.75, 3.05) is 0 Å². The van der Waals surface area contributed by atoms with Gasteiger partial charge in [-0.25, -0.2) is 4.39 Å². The van der Waals surface area contributed by atoms with Gasteiger partial charge >= 0.3 is 6.36 Å². The minimum absolute atomic E-state index is 0.106. The lowest BCUT2D eigenvalue weighted by Crippen LogP contribution is -2.20. The first-order valence-corrected chi connectivity index (χ1v) is 10.1. The minimum atomic E-state index is -4.89. The summed E-state index contributed by atoms with van der Waals surface area (Å²) in [7, 11) is 0. The summed E-state index contributed by atoms with van der Waals surface area (Å²) in [4.78, 5) is 0. The minimum Gasteiger partial charge on any atom is -0.403 e. The number of alkyl halides is 3. The third-order valence-electron chi connectivity index (χ3n) is 6.20. The molecule has 4 rings (SSSR count). The van der Waals surface area contributed by atoms with Crippen LogP contribution in [-0.2, 0) is 25.7 Å². The van der Waals surface area contributed by atoms with Crippen molar-refractivity contribution in [3.63, 3.8) is 0 Å². The maximum Gasteiger partial charge on any atom is 0.573 e. The number of fused-ring (bicyclic) bond motifs is 3. The maximum absolute atomic E-state index is 14.1. The van der Waals surface area contributed by atoms with Gasteiger partial charge in [-0.3, -0.25) is 0 Å². The van der Waals surface area contributed by atoms with E-state index in [1.54, 1.807) is 6.07 Å². The highest BCUT2D eigenvalue weighted by Crippen LogP contribution is 2.39. The second kappa shape index (κ2) is 7.85. The zero-order chi connectivity index (χ0) is 20.6. The molecular formula is C24H24F4O. The molecule has 0 N–H and O–H groups in total. The second-order valence-electron chi connectivity index (χ2n) is 8.05. The fraction of sp³-hybridized carbons (Fsp3) is 0.417. The van der Waals surface area contributed by atoms with Gasteiger partial charge in [-0.1, -0.05) is 30.4 Å². The Morgan fingerprint density at radius 2 is 1.66 bits per heavy atom. The molecule has 0 unspecified atom stereocenters. The third kappa shape index (κ3) is 4.34. The SMILES string of the molecule is CC=C[C@H]1CCc2c(ccc3c2CC[C@H](c2ccc(OC(F)(F)F)c(F)c2)C3)C1. The predicted molar refractivity (Wildman–Crippen MR) is 105 cm³/mol. The van der Waals surface area contributed by atoms with Crippen LogP contribution in [0.1, 0.15) is 53.5 Å². The molecule has 2 aromatic rings. The van der Waals surface area contributed by atoms with Crippen LogP contribution in [0.15, 0.2) is 42.5 Å². The van der Waals surface area contributed by atoms with E-state index in [0.717, 1.165) is 43.7 Å². The lowest BCUT2D eigenvalue weighted by atomic mass is 9.74. The van der Waals surface area contributed by atoms with Crippen LogP contribution in [0.25, 0.3) is 0 Å². The van der Waals surface area contributed by atoms with Crippen LogP contribution in [0, 0.1) is 11.7 Å². The zero-order valence-corrected chi connectivity index (χ0v) is 16.4. The molecule has 29 heavy (non-hydrogen) atoms. The summed E-state index contributed by atoms with van der Waals surface area (Å²) in [6.07, 6.45) is 5.47. The molecule has 0 fully saturated rings. The maximum atomic E-state index is 14.1. The Bertz CT molecular complexity index is 929. The molecule has 0 saturated carbocycles.